The van der Waals surface area contributed by atoms with Crippen molar-refractivity contribution in [3.05, 3.63) is 21.3 Å². The Morgan fingerprint density at radius 1 is 1.59 bits per heavy atom. The Hall–Kier alpha value is -0.0900. The van der Waals surface area contributed by atoms with Crippen LogP contribution < -0.4 is 5.32 Å². The number of likely N-dealkylation sites (tertiary alicyclic amines) is 1. The minimum atomic E-state index is 0.484. The van der Waals surface area contributed by atoms with E-state index in [1.165, 1.54) is 31.4 Å². The molecule has 1 aliphatic heterocycles. The molecule has 2 unspecified atom stereocenters. The fraction of sp³-hybridized carbons (Fsp3) is 0.692. The molecule has 0 bridgehead atoms. The average molecular weight is 273 g/mol. The molecular formula is C13H21ClN2S. The molecule has 0 radical (unpaired) electrons. The minimum absolute atomic E-state index is 0.484. The summed E-state index contributed by atoms with van der Waals surface area (Å²) in [5, 5.41) is 5.51. The van der Waals surface area contributed by atoms with Crippen molar-refractivity contribution in [3.8, 4) is 0 Å². The lowest BCUT2D eigenvalue weighted by Crippen LogP contribution is -2.45. The number of rotatable bonds is 4. The van der Waals surface area contributed by atoms with E-state index in [4.69, 9.17) is 11.6 Å². The Kier molecular flexibility index (Phi) is 4.86. The van der Waals surface area contributed by atoms with Crippen LogP contribution in [-0.2, 0) is 0 Å². The molecule has 1 fully saturated rings. The third-order valence-corrected chi connectivity index (χ3v) is 4.79. The van der Waals surface area contributed by atoms with Gasteiger partial charge in [-0.05, 0) is 50.4 Å². The zero-order valence-corrected chi connectivity index (χ0v) is 12.2. The van der Waals surface area contributed by atoms with E-state index >= 15 is 0 Å². The highest BCUT2D eigenvalue weighted by atomic mass is 35.5. The van der Waals surface area contributed by atoms with Crippen molar-refractivity contribution in [2.45, 2.75) is 38.3 Å². The molecule has 0 amide bonds. The summed E-state index contributed by atoms with van der Waals surface area (Å²) in [6, 6.07) is 3.27. The third-order valence-electron chi connectivity index (χ3n) is 3.68. The van der Waals surface area contributed by atoms with Gasteiger partial charge in [0.05, 0.1) is 4.34 Å². The van der Waals surface area contributed by atoms with Gasteiger partial charge in [0.15, 0.2) is 0 Å². The monoisotopic (exact) mass is 272 g/mol. The summed E-state index contributed by atoms with van der Waals surface area (Å²) >= 11 is 7.66. The number of piperidine rings is 1. The Labute approximate surface area is 113 Å². The first kappa shape index (κ1) is 13.3. The van der Waals surface area contributed by atoms with E-state index in [0.717, 1.165) is 10.9 Å². The molecule has 4 heteroatoms. The van der Waals surface area contributed by atoms with Gasteiger partial charge in [0, 0.05) is 18.6 Å². The highest BCUT2D eigenvalue weighted by Gasteiger charge is 2.27. The van der Waals surface area contributed by atoms with E-state index in [2.05, 4.69) is 28.6 Å². The summed E-state index contributed by atoms with van der Waals surface area (Å²) < 4.78 is 0.897. The molecule has 0 spiro atoms. The first-order valence-electron chi connectivity index (χ1n) is 6.36. The Morgan fingerprint density at radius 2 is 2.41 bits per heavy atom. The van der Waals surface area contributed by atoms with Gasteiger partial charge in [-0.2, -0.15) is 0 Å². The van der Waals surface area contributed by atoms with Crippen molar-refractivity contribution in [1.29, 1.82) is 0 Å². The number of hydrogen-bond donors (Lipinski definition) is 1. The number of likely N-dealkylation sites (N-methyl/N-ethyl adjacent to an activating group) is 1. The van der Waals surface area contributed by atoms with Gasteiger partial charge in [0.25, 0.3) is 0 Å². The smallest absolute Gasteiger partial charge is 0.0931 e. The van der Waals surface area contributed by atoms with Crippen LogP contribution in [0.5, 0.6) is 0 Å². The first-order chi connectivity index (χ1) is 8.22. The van der Waals surface area contributed by atoms with Crippen LogP contribution >= 0.6 is 22.9 Å². The Balaban J connectivity index is 2.07. The number of nitrogens with one attached hydrogen (secondary N) is 1. The fourth-order valence-electron chi connectivity index (χ4n) is 2.72. The zero-order chi connectivity index (χ0) is 12.3. The normalized spacial score (nSPS) is 23.8. The van der Waals surface area contributed by atoms with Gasteiger partial charge in [-0.15, -0.1) is 11.3 Å². The molecule has 1 N–H and O–H groups in total. The van der Waals surface area contributed by atoms with Gasteiger partial charge in [-0.1, -0.05) is 18.0 Å². The number of hydrogen-bond acceptors (Lipinski definition) is 3. The largest absolute Gasteiger partial charge is 0.318 e. The molecule has 1 aliphatic rings. The van der Waals surface area contributed by atoms with E-state index in [0.29, 0.717) is 12.1 Å². The topological polar surface area (TPSA) is 15.3 Å². The van der Waals surface area contributed by atoms with Gasteiger partial charge in [0.1, 0.15) is 0 Å². The molecule has 1 saturated heterocycles. The first-order valence-corrected chi connectivity index (χ1v) is 7.62. The number of halogens is 1. The molecule has 96 valence electrons. The summed E-state index contributed by atoms with van der Waals surface area (Å²) in [6.45, 7) is 4.59. The summed E-state index contributed by atoms with van der Waals surface area (Å²) in [4.78, 5) is 2.62. The summed E-state index contributed by atoms with van der Waals surface area (Å²) in [5.74, 6) is 0. The highest BCUT2D eigenvalue weighted by molar-refractivity contribution is 7.14. The van der Waals surface area contributed by atoms with Crippen LogP contribution in [0.3, 0.4) is 0 Å². The molecule has 17 heavy (non-hydrogen) atoms. The number of thiophene rings is 1. The molecule has 2 heterocycles. The second-order valence-corrected chi connectivity index (χ2v) is 6.35. The van der Waals surface area contributed by atoms with E-state index in [9.17, 15) is 0 Å². The predicted octanol–water partition coefficient (Wildman–Crippen LogP) is 3.54. The lowest BCUT2D eigenvalue weighted by molar-refractivity contribution is 0.103. The second kappa shape index (κ2) is 6.19. The van der Waals surface area contributed by atoms with E-state index in [1.807, 2.05) is 7.05 Å². The summed E-state index contributed by atoms with van der Waals surface area (Å²) in [6.07, 6.45) is 3.99. The van der Waals surface area contributed by atoms with Gasteiger partial charge in [-0.3, -0.25) is 4.90 Å². The third kappa shape index (κ3) is 3.22. The van der Waals surface area contributed by atoms with Crippen LogP contribution in [0, 0.1) is 0 Å². The Bertz CT molecular complexity index is 351. The quantitative estimate of drug-likeness (QED) is 0.902. The fourth-order valence-corrected chi connectivity index (χ4v) is 3.70. The molecule has 0 aliphatic carbocycles. The van der Waals surface area contributed by atoms with Gasteiger partial charge in [-0.25, -0.2) is 0 Å². The van der Waals surface area contributed by atoms with Gasteiger partial charge >= 0.3 is 0 Å². The standard InChI is InChI=1S/C13H21ClN2S/c1-10(11-7-13(14)17-9-11)16-6-4-3-5-12(16)8-15-2/h7,9-10,12,15H,3-6,8H2,1-2H3. The molecular weight excluding hydrogens is 252 g/mol. The minimum Gasteiger partial charge on any atom is -0.318 e. The maximum atomic E-state index is 6.03. The lowest BCUT2D eigenvalue weighted by atomic mass is 9.98. The van der Waals surface area contributed by atoms with Crippen LogP contribution in [-0.4, -0.2) is 31.1 Å². The molecule has 2 rings (SSSR count). The van der Waals surface area contributed by atoms with E-state index in [1.54, 1.807) is 11.3 Å². The van der Waals surface area contributed by atoms with Crippen molar-refractivity contribution in [2.24, 2.45) is 0 Å². The van der Waals surface area contributed by atoms with Crippen molar-refractivity contribution in [3.63, 3.8) is 0 Å². The van der Waals surface area contributed by atoms with E-state index in [-0.39, 0.29) is 0 Å². The molecule has 0 aromatic carbocycles. The van der Waals surface area contributed by atoms with Crippen molar-refractivity contribution >= 4 is 22.9 Å². The van der Waals surface area contributed by atoms with Crippen LogP contribution in [0.15, 0.2) is 11.4 Å². The van der Waals surface area contributed by atoms with Crippen LogP contribution in [0.4, 0.5) is 0 Å². The van der Waals surface area contributed by atoms with Crippen molar-refractivity contribution in [2.75, 3.05) is 20.1 Å². The second-order valence-electron chi connectivity index (χ2n) is 4.81. The Morgan fingerprint density at radius 3 is 3.06 bits per heavy atom. The van der Waals surface area contributed by atoms with E-state index < -0.39 is 0 Å². The van der Waals surface area contributed by atoms with Gasteiger partial charge < -0.3 is 5.32 Å². The van der Waals surface area contributed by atoms with Crippen molar-refractivity contribution < 1.29 is 0 Å². The maximum Gasteiger partial charge on any atom is 0.0931 e. The van der Waals surface area contributed by atoms with Crippen LogP contribution in [0.1, 0.15) is 37.8 Å². The summed E-state index contributed by atoms with van der Waals surface area (Å²) in [7, 11) is 2.04. The average Bonchev–Trinajstić information content (AvgIpc) is 2.76. The predicted molar refractivity (Wildman–Crippen MR) is 76.0 cm³/mol. The molecule has 1 aromatic rings. The molecule has 2 atom stereocenters. The lowest BCUT2D eigenvalue weighted by Gasteiger charge is -2.39. The zero-order valence-electron chi connectivity index (χ0n) is 10.6. The van der Waals surface area contributed by atoms with Crippen LogP contribution in [0.2, 0.25) is 4.34 Å². The van der Waals surface area contributed by atoms with Crippen LogP contribution in [0.25, 0.3) is 0 Å². The number of nitrogens with zero attached hydrogens (tertiary/aromatic N) is 1. The molecule has 0 saturated carbocycles. The SMILES string of the molecule is CNCC1CCCCN1C(C)c1csc(Cl)c1. The van der Waals surface area contributed by atoms with Crippen molar-refractivity contribution in [1.82, 2.24) is 10.2 Å². The maximum absolute atomic E-state index is 6.03. The van der Waals surface area contributed by atoms with Gasteiger partial charge in [0.2, 0.25) is 0 Å². The summed E-state index contributed by atoms with van der Waals surface area (Å²) in [5.41, 5.74) is 1.36. The highest BCUT2D eigenvalue weighted by Crippen LogP contribution is 2.32. The molecule has 1 aromatic heterocycles. The molecule has 2 nitrogen and oxygen atoms in total.